The summed E-state index contributed by atoms with van der Waals surface area (Å²) in [6, 6.07) is 4.12. The van der Waals surface area contributed by atoms with E-state index in [1.165, 1.54) is 11.6 Å². The number of anilines is 1. The van der Waals surface area contributed by atoms with Gasteiger partial charge in [-0.2, -0.15) is 10.4 Å². The third-order valence-corrected chi connectivity index (χ3v) is 4.30. The molecule has 0 aliphatic carbocycles. The van der Waals surface area contributed by atoms with Crippen LogP contribution in [0.15, 0.2) is 15.7 Å². The minimum Gasteiger partial charge on any atom is -0.352 e. The number of aryl methyl sites for hydroxylation is 2. The molecule has 23 heavy (non-hydrogen) atoms. The second-order valence-electron chi connectivity index (χ2n) is 5.95. The van der Waals surface area contributed by atoms with Crippen LogP contribution in [0.1, 0.15) is 23.0 Å². The van der Waals surface area contributed by atoms with Crippen LogP contribution in [-0.2, 0) is 14.1 Å². The van der Waals surface area contributed by atoms with Gasteiger partial charge in [0.2, 0.25) is 0 Å². The first-order valence-corrected chi connectivity index (χ1v) is 7.33. The first-order valence-electron chi connectivity index (χ1n) is 7.33. The maximum absolute atomic E-state index is 12.1. The zero-order valence-corrected chi connectivity index (χ0v) is 13.6. The minimum absolute atomic E-state index is 0.00131. The molecular formula is C15H18N6O2. The van der Waals surface area contributed by atoms with Gasteiger partial charge in [0.05, 0.1) is 11.7 Å². The third-order valence-electron chi connectivity index (χ3n) is 4.30. The van der Waals surface area contributed by atoms with E-state index in [9.17, 15) is 14.9 Å². The van der Waals surface area contributed by atoms with Crippen LogP contribution in [0.25, 0.3) is 0 Å². The predicted octanol–water partition coefficient (Wildman–Crippen LogP) is -0.170. The fourth-order valence-electron chi connectivity index (χ4n) is 3.10. The van der Waals surface area contributed by atoms with Gasteiger partial charge in [0.15, 0.2) is 5.56 Å². The van der Waals surface area contributed by atoms with E-state index in [0.717, 1.165) is 16.0 Å². The maximum atomic E-state index is 12.1. The number of aromatic nitrogens is 4. The van der Waals surface area contributed by atoms with E-state index in [0.29, 0.717) is 18.9 Å². The summed E-state index contributed by atoms with van der Waals surface area (Å²) >= 11 is 0. The fourth-order valence-corrected chi connectivity index (χ4v) is 3.10. The summed E-state index contributed by atoms with van der Waals surface area (Å²) in [6.45, 7) is 5.16. The van der Waals surface area contributed by atoms with Crippen molar-refractivity contribution in [2.24, 2.45) is 14.1 Å². The van der Waals surface area contributed by atoms with E-state index in [1.807, 2.05) is 35.6 Å². The second kappa shape index (κ2) is 5.12. The molecule has 0 bridgehead atoms. The molecule has 120 valence electrons. The Labute approximate surface area is 132 Å². The largest absolute Gasteiger partial charge is 0.352 e. The van der Waals surface area contributed by atoms with Crippen LogP contribution in [0.4, 0.5) is 5.82 Å². The lowest BCUT2D eigenvalue weighted by molar-refractivity contribution is 0.354. The first kappa shape index (κ1) is 15.1. The normalized spacial score (nSPS) is 14.7. The van der Waals surface area contributed by atoms with Crippen molar-refractivity contribution in [2.75, 3.05) is 18.0 Å². The lowest BCUT2D eigenvalue weighted by Crippen LogP contribution is -2.52. The van der Waals surface area contributed by atoms with Crippen molar-refractivity contribution < 1.29 is 0 Å². The highest BCUT2D eigenvalue weighted by molar-refractivity contribution is 5.55. The molecule has 2 aromatic heterocycles. The van der Waals surface area contributed by atoms with E-state index in [1.54, 1.807) is 7.05 Å². The molecular weight excluding hydrogens is 296 g/mol. The van der Waals surface area contributed by atoms with Gasteiger partial charge in [-0.3, -0.25) is 18.6 Å². The zero-order valence-electron chi connectivity index (χ0n) is 13.6. The van der Waals surface area contributed by atoms with Gasteiger partial charge in [0.1, 0.15) is 11.9 Å². The molecule has 0 aromatic carbocycles. The Kier molecular flexibility index (Phi) is 3.36. The van der Waals surface area contributed by atoms with Gasteiger partial charge in [0, 0.05) is 32.9 Å². The number of hydrogen-bond donors (Lipinski definition) is 0. The number of hydrogen-bond acceptors (Lipinski definition) is 5. The van der Waals surface area contributed by atoms with E-state index in [4.69, 9.17) is 0 Å². The molecule has 8 heteroatoms. The van der Waals surface area contributed by atoms with Crippen molar-refractivity contribution in [3.8, 4) is 6.07 Å². The number of nitriles is 1. The molecule has 0 unspecified atom stereocenters. The summed E-state index contributed by atoms with van der Waals surface area (Å²) in [5.74, 6) is 0.387. The molecule has 1 fully saturated rings. The third kappa shape index (κ3) is 2.16. The molecule has 1 aliphatic rings. The summed E-state index contributed by atoms with van der Waals surface area (Å²) in [5.41, 5.74) is 1.05. The Morgan fingerprint density at radius 1 is 1.22 bits per heavy atom. The Morgan fingerprint density at radius 2 is 1.87 bits per heavy atom. The van der Waals surface area contributed by atoms with E-state index < -0.39 is 11.2 Å². The molecule has 3 rings (SSSR count). The lowest BCUT2D eigenvalue weighted by Gasteiger charge is -2.42. The molecule has 8 nitrogen and oxygen atoms in total. The molecule has 0 radical (unpaired) electrons. The Morgan fingerprint density at radius 3 is 2.39 bits per heavy atom. The van der Waals surface area contributed by atoms with Crippen molar-refractivity contribution in [2.45, 2.75) is 19.9 Å². The van der Waals surface area contributed by atoms with Gasteiger partial charge in [-0.05, 0) is 19.9 Å². The predicted molar refractivity (Wildman–Crippen MR) is 84.6 cm³/mol. The van der Waals surface area contributed by atoms with Crippen molar-refractivity contribution in [1.82, 2.24) is 18.9 Å². The monoisotopic (exact) mass is 314 g/mol. The lowest BCUT2D eigenvalue weighted by atomic mass is 10.1. The Balaban J connectivity index is 1.97. The number of rotatable bonds is 2. The maximum Gasteiger partial charge on any atom is 0.332 e. The molecule has 0 amide bonds. The van der Waals surface area contributed by atoms with E-state index >= 15 is 0 Å². The van der Waals surface area contributed by atoms with Gasteiger partial charge in [0.25, 0.3) is 5.56 Å². The van der Waals surface area contributed by atoms with Crippen LogP contribution in [0, 0.1) is 25.2 Å². The average Bonchev–Trinajstić information content (AvgIpc) is 2.79. The van der Waals surface area contributed by atoms with Crippen molar-refractivity contribution in [3.05, 3.63) is 43.9 Å². The molecule has 1 aliphatic heterocycles. The van der Waals surface area contributed by atoms with Crippen molar-refractivity contribution in [1.29, 1.82) is 5.26 Å². The zero-order chi connectivity index (χ0) is 16.9. The highest BCUT2D eigenvalue weighted by atomic mass is 16.2. The Hall–Kier alpha value is -2.82. The summed E-state index contributed by atoms with van der Waals surface area (Å²) < 4.78 is 4.27. The standard InChI is InChI=1S/C15H18N6O2/c1-9-5-10(2)21(17-9)11-7-20(8-11)13-12(6-16)14(22)19(4)15(23)18(13)3/h5,11H,7-8H2,1-4H3. The SMILES string of the molecule is Cc1cc(C)n(C2CN(c3c(C#N)c(=O)n(C)c(=O)n3C)C2)n1. The van der Waals surface area contributed by atoms with Crippen molar-refractivity contribution in [3.63, 3.8) is 0 Å². The molecule has 0 spiro atoms. The molecule has 2 aromatic rings. The topological polar surface area (TPSA) is 88.9 Å². The smallest absolute Gasteiger partial charge is 0.332 e. The number of nitrogens with zero attached hydrogens (tertiary/aromatic N) is 6. The van der Waals surface area contributed by atoms with Crippen LogP contribution >= 0.6 is 0 Å². The molecule has 0 atom stereocenters. The summed E-state index contributed by atoms with van der Waals surface area (Å²) in [5, 5.41) is 13.8. The minimum atomic E-state index is -0.555. The van der Waals surface area contributed by atoms with Crippen molar-refractivity contribution >= 4 is 5.82 Å². The van der Waals surface area contributed by atoms with Gasteiger partial charge in [-0.15, -0.1) is 0 Å². The molecule has 0 saturated carbocycles. The van der Waals surface area contributed by atoms with Crippen LogP contribution in [0.5, 0.6) is 0 Å². The summed E-state index contributed by atoms with van der Waals surface area (Å²) in [6.07, 6.45) is 0. The molecule has 1 saturated heterocycles. The van der Waals surface area contributed by atoms with E-state index in [-0.39, 0.29) is 11.6 Å². The Bertz CT molecular complexity index is 937. The highest BCUT2D eigenvalue weighted by Crippen LogP contribution is 2.28. The van der Waals surface area contributed by atoms with Crippen LogP contribution in [0.2, 0.25) is 0 Å². The molecule has 0 N–H and O–H groups in total. The van der Waals surface area contributed by atoms with Crippen LogP contribution in [0.3, 0.4) is 0 Å². The molecule has 3 heterocycles. The van der Waals surface area contributed by atoms with Crippen LogP contribution in [-0.4, -0.2) is 32.0 Å². The quantitative estimate of drug-likeness (QED) is 0.768. The van der Waals surface area contributed by atoms with Crippen LogP contribution < -0.4 is 16.1 Å². The summed E-state index contributed by atoms with van der Waals surface area (Å²) in [4.78, 5) is 26.1. The average molecular weight is 314 g/mol. The van der Waals surface area contributed by atoms with Gasteiger partial charge >= 0.3 is 5.69 Å². The fraction of sp³-hybridized carbons (Fsp3) is 0.467. The van der Waals surface area contributed by atoms with Gasteiger partial charge in [-0.25, -0.2) is 4.79 Å². The summed E-state index contributed by atoms with van der Waals surface area (Å²) in [7, 11) is 2.96. The van der Waals surface area contributed by atoms with Gasteiger partial charge < -0.3 is 4.90 Å². The second-order valence-corrected chi connectivity index (χ2v) is 5.95. The van der Waals surface area contributed by atoms with Gasteiger partial charge in [-0.1, -0.05) is 0 Å². The highest BCUT2D eigenvalue weighted by Gasteiger charge is 2.34. The van der Waals surface area contributed by atoms with E-state index in [2.05, 4.69) is 5.10 Å². The first-order chi connectivity index (χ1) is 10.8.